The largest absolute Gasteiger partial charge is 0.310 e. The Balaban J connectivity index is 2.43. The fraction of sp³-hybridized carbons (Fsp3) is 0.647. The van der Waals surface area contributed by atoms with E-state index in [1.807, 2.05) is 0 Å². The highest BCUT2D eigenvalue weighted by Crippen LogP contribution is 2.33. The van der Waals surface area contributed by atoms with E-state index >= 15 is 0 Å². The summed E-state index contributed by atoms with van der Waals surface area (Å²) in [4.78, 5) is 1.05. The monoisotopic (exact) mass is 293 g/mol. The minimum atomic E-state index is -0.834. The van der Waals surface area contributed by atoms with Crippen LogP contribution in [0.2, 0.25) is 0 Å². The Morgan fingerprint density at radius 1 is 1.35 bits per heavy atom. The first kappa shape index (κ1) is 15.7. The number of hydrogen-bond donors (Lipinski definition) is 1. The summed E-state index contributed by atoms with van der Waals surface area (Å²) >= 11 is 0. The second-order valence-electron chi connectivity index (χ2n) is 6.70. The molecular formula is C17H27NOS. The number of benzene rings is 1. The Kier molecular flexibility index (Phi) is 5.03. The molecule has 1 aliphatic heterocycles. The number of hydrogen-bond acceptors (Lipinski definition) is 2. The van der Waals surface area contributed by atoms with Gasteiger partial charge in [-0.2, -0.15) is 0 Å². The number of fused-ring (bicyclic) bond motifs is 1. The van der Waals surface area contributed by atoms with E-state index in [9.17, 15) is 4.21 Å². The lowest BCUT2D eigenvalue weighted by Gasteiger charge is -2.24. The topological polar surface area (TPSA) is 29.1 Å². The summed E-state index contributed by atoms with van der Waals surface area (Å²) in [5, 5.41) is 3.63. The average molecular weight is 293 g/mol. The van der Waals surface area contributed by atoms with Gasteiger partial charge in [-0.05, 0) is 48.4 Å². The third kappa shape index (κ3) is 3.50. The van der Waals surface area contributed by atoms with E-state index in [1.54, 1.807) is 0 Å². The highest BCUT2D eigenvalue weighted by molar-refractivity contribution is 7.85. The van der Waals surface area contributed by atoms with Crippen molar-refractivity contribution in [2.45, 2.75) is 63.3 Å². The molecule has 0 aliphatic carbocycles. The molecule has 2 nitrogen and oxygen atoms in total. The Morgan fingerprint density at radius 3 is 2.75 bits per heavy atom. The van der Waals surface area contributed by atoms with E-state index < -0.39 is 10.8 Å². The molecule has 2 atom stereocenters. The molecule has 20 heavy (non-hydrogen) atoms. The minimum absolute atomic E-state index is 0.137. The van der Waals surface area contributed by atoms with Crippen LogP contribution in [0.15, 0.2) is 23.1 Å². The summed E-state index contributed by atoms with van der Waals surface area (Å²) in [6.45, 7) is 9.91. The van der Waals surface area contributed by atoms with E-state index in [1.165, 1.54) is 11.1 Å². The molecule has 0 spiro atoms. The van der Waals surface area contributed by atoms with Crippen molar-refractivity contribution in [2.24, 2.45) is 0 Å². The molecule has 1 heterocycles. The number of nitrogens with one attached hydrogen (secondary N) is 1. The molecule has 2 rings (SSSR count). The van der Waals surface area contributed by atoms with E-state index in [0.29, 0.717) is 6.04 Å². The fourth-order valence-electron chi connectivity index (χ4n) is 2.71. The van der Waals surface area contributed by atoms with Crippen molar-refractivity contribution in [1.29, 1.82) is 0 Å². The molecule has 2 unspecified atom stereocenters. The summed E-state index contributed by atoms with van der Waals surface area (Å²) in [6, 6.07) is 6.89. The van der Waals surface area contributed by atoms with Gasteiger partial charge in [-0.1, -0.05) is 39.8 Å². The normalized spacial score (nSPS) is 23.2. The molecule has 3 heteroatoms. The van der Waals surface area contributed by atoms with Crippen molar-refractivity contribution >= 4 is 10.8 Å². The van der Waals surface area contributed by atoms with E-state index in [2.05, 4.69) is 51.2 Å². The molecule has 0 fully saturated rings. The van der Waals surface area contributed by atoms with Crippen LogP contribution in [-0.4, -0.2) is 16.5 Å². The lowest BCUT2D eigenvalue weighted by atomic mass is 9.85. The summed E-state index contributed by atoms with van der Waals surface area (Å²) < 4.78 is 12.4. The first-order valence-electron chi connectivity index (χ1n) is 7.69. The van der Waals surface area contributed by atoms with E-state index in [0.717, 1.165) is 36.5 Å². The summed E-state index contributed by atoms with van der Waals surface area (Å²) in [6.07, 6.45) is 3.26. The van der Waals surface area contributed by atoms with Gasteiger partial charge in [-0.3, -0.25) is 4.21 Å². The molecule has 1 N–H and O–H groups in total. The molecule has 1 aromatic carbocycles. The van der Waals surface area contributed by atoms with Crippen LogP contribution in [0.1, 0.15) is 64.1 Å². The van der Waals surface area contributed by atoms with Crippen molar-refractivity contribution in [3.63, 3.8) is 0 Å². The summed E-state index contributed by atoms with van der Waals surface area (Å²) in [5.74, 6) is 0.798. The fourth-order valence-corrected chi connectivity index (χ4v) is 4.04. The van der Waals surface area contributed by atoms with E-state index in [4.69, 9.17) is 0 Å². The molecule has 0 radical (unpaired) electrons. The quantitative estimate of drug-likeness (QED) is 0.915. The molecule has 1 aliphatic rings. The maximum absolute atomic E-state index is 12.4. The van der Waals surface area contributed by atoms with E-state index in [-0.39, 0.29) is 5.41 Å². The van der Waals surface area contributed by atoms with Crippen molar-refractivity contribution in [3.8, 4) is 0 Å². The predicted molar refractivity (Wildman–Crippen MR) is 86.7 cm³/mol. The Hall–Kier alpha value is -0.670. The summed E-state index contributed by atoms with van der Waals surface area (Å²) in [5.41, 5.74) is 2.73. The van der Waals surface area contributed by atoms with Crippen LogP contribution in [0.3, 0.4) is 0 Å². The molecule has 0 saturated carbocycles. The van der Waals surface area contributed by atoms with Crippen LogP contribution < -0.4 is 5.32 Å². The van der Waals surface area contributed by atoms with Crippen LogP contribution in [-0.2, 0) is 16.2 Å². The zero-order valence-corrected chi connectivity index (χ0v) is 14.0. The van der Waals surface area contributed by atoms with Gasteiger partial charge in [-0.15, -0.1) is 0 Å². The van der Waals surface area contributed by atoms with Gasteiger partial charge in [0.1, 0.15) is 0 Å². The SMILES string of the molecule is CCCNC1CCCS(=O)c2ccc(C(C)(C)C)cc21. The van der Waals surface area contributed by atoms with Crippen LogP contribution in [0, 0.1) is 0 Å². The van der Waals surface area contributed by atoms with Crippen molar-refractivity contribution in [2.75, 3.05) is 12.3 Å². The van der Waals surface area contributed by atoms with Crippen molar-refractivity contribution in [1.82, 2.24) is 5.32 Å². The van der Waals surface area contributed by atoms with Gasteiger partial charge in [0.2, 0.25) is 0 Å². The lowest BCUT2D eigenvalue weighted by Crippen LogP contribution is -2.23. The van der Waals surface area contributed by atoms with Gasteiger partial charge < -0.3 is 5.32 Å². The lowest BCUT2D eigenvalue weighted by molar-refractivity contribution is 0.490. The van der Waals surface area contributed by atoms with Gasteiger partial charge in [0, 0.05) is 16.7 Å². The third-order valence-electron chi connectivity index (χ3n) is 3.96. The standard InChI is InChI=1S/C17H27NOS/c1-5-10-18-15-7-6-11-20(19)16-9-8-13(12-14(15)16)17(2,3)4/h8-9,12,15,18H,5-7,10-11H2,1-4H3. The molecule has 1 aromatic rings. The van der Waals surface area contributed by atoms with Gasteiger partial charge in [0.25, 0.3) is 0 Å². The molecule has 0 bridgehead atoms. The summed E-state index contributed by atoms with van der Waals surface area (Å²) in [7, 11) is -0.834. The molecule has 112 valence electrons. The van der Waals surface area contributed by atoms with Crippen LogP contribution >= 0.6 is 0 Å². The maximum Gasteiger partial charge on any atom is 0.0532 e. The molecule has 0 amide bonds. The predicted octanol–water partition coefficient (Wildman–Crippen LogP) is 3.93. The highest BCUT2D eigenvalue weighted by Gasteiger charge is 2.24. The molecular weight excluding hydrogens is 266 g/mol. The van der Waals surface area contributed by atoms with Crippen LogP contribution in [0.25, 0.3) is 0 Å². The van der Waals surface area contributed by atoms with Gasteiger partial charge in [-0.25, -0.2) is 0 Å². The van der Waals surface area contributed by atoms with Gasteiger partial charge in [0.15, 0.2) is 0 Å². The maximum atomic E-state index is 12.4. The van der Waals surface area contributed by atoms with Crippen LogP contribution in [0.5, 0.6) is 0 Å². The molecule has 0 saturated heterocycles. The Labute approximate surface area is 125 Å². The second kappa shape index (κ2) is 6.40. The second-order valence-corrected chi connectivity index (χ2v) is 8.24. The Bertz CT molecular complexity index is 490. The minimum Gasteiger partial charge on any atom is -0.310 e. The van der Waals surface area contributed by atoms with Gasteiger partial charge >= 0.3 is 0 Å². The third-order valence-corrected chi connectivity index (χ3v) is 5.48. The molecule has 0 aromatic heterocycles. The van der Waals surface area contributed by atoms with Gasteiger partial charge in [0.05, 0.1) is 10.8 Å². The van der Waals surface area contributed by atoms with Crippen molar-refractivity contribution in [3.05, 3.63) is 29.3 Å². The average Bonchev–Trinajstić information content (AvgIpc) is 2.55. The van der Waals surface area contributed by atoms with Crippen molar-refractivity contribution < 1.29 is 4.21 Å². The first-order valence-corrected chi connectivity index (χ1v) is 9.01. The smallest absolute Gasteiger partial charge is 0.0532 e. The van der Waals surface area contributed by atoms with Crippen LogP contribution in [0.4, 0.5) is 0 Å². The first-order chi connectivity index (χ1) is 9.43. The number of rotatable bonds is 3. The highest BCUT2D eigenvalue weighted by atomic mass is 32.2. The zero-order chi connectivity index (χ0) is 14.8. The Morgan fingerprint density at radius 2 is 2.10 bits per heavy atom. The zero-order valence-electron chi connectivity index (χ0n) is 13.2.